The zero-order valence-corrected chi connectivity index (χ0v) is 19.3. The Kier molecular flexibility index (Phi) is 8.07. The number of imidazole rings is 1. The number of amides is 1. The molecule has 0 saturated heterocycles. The molecule has 1 N–H and O–H groups in total. The van der Waals surface area contributed by atoms with Crippen LogP contribution in [0.3, 0.4) is 0 Å². The molecule has 0 bridgehead atoms. The van der Waals surface area contributed by atoms with E-state index in [0.29, 0.717) is 6.54 Å². The van der Waals surface area contributed by atoms with Crippen molar-refractivity contribution in [2.45, 2.75) is 51.2 Å². The van der Waals surface area contributed by atoms with Gasteiger partial charge in [0.05, 0.1) is 13.6 Å². The molecule has 1 unspecified atom stereocenters. The molecule has 1 atom stereocenters. The van der Waals surface area contributed by atoms with Crippen molar-refractivity contribution in [3.63, 3.8) is 0 Å². The minimum absolute atomic E-state index is 0. The molecular weight excluding hydrogens is 465 g/mol. The first-order chi connectivity index (χ1) is 12.9. The van der Waals surface area contributed by atoms with Gasteiger partial charge in [-0.3, -0.25) is 4.79 Å². The van der Waals surface area contributed by atoms with E-state index in [2.05, 4.69) is 22.3 Å². The average molecular weight is 497 g/mol. The predicted molar refractivity (Wildman–Crippen MR) is 105 cm³/mol. The second kappa shape index (κ2) is 9.87. The first kappa shape index (κ1) is 22.9. The van der Waals surface area contributed by atoms with E-state index in [1.165, 1.54) is 5.82 Å². The highest BCUT2D eigenvalue weighted by molar-refractivity contribution is 5.86. The highest BCUT2D eigenvalue weighted by Crippen LogP contribution is 2.41. The number of rotatable bonds is 7. The summed E-state index contributed by atoms with van der Waals surface area (Å²) in [5.41, 5.74) is -0.690. The third kappa shape index (κ3) is 4.59. The number of likely N-dealkylation sites (N-methyl/N-ethyl adjacent to an activating group) is 1. The molecule has 2 aromatic rings. The fourth-order valence-electron chi connectivity index (χ4n) is 4.28. The van der Waals surface area contributed by atoms with Crippen LogP contribution in [-0.4, -0.2) is 34.1 Å². The number of carbonyl (C=O) groups excluding carboxylic acids is 1. The summed E-state index contributed by atoms with van der Waals surface area (Å²) in [6, 6.07) is 9.49. The molecule has 0 radical (unpaired) electrons. The maximum atomic E-state index is 13.3. The summed E-state index contributed by atoms with van der Waals surface area (Å²) < 4.78 is 4.28. The molecular formula is C22H32IN3O2. The topological polar surface area (TPSA) is 49.4 Å². The van der Waals surface area contributed by atoms with E-state index in [-0.39, 0.29) is 35.8 Å². The quantitative estimate of drug-likeness (QED) is 0.417. The van der Waals surface area contributed by atoms with Crippen molar-refractivity contribution in [1.82, 2.24) is 9.47 Å². The number of aliphatic hydroxyl groups is 1. The van der Waals surface area contributed by atoms with Crippen molar-refractivity contribution < 1.29 is 38.4 Å². The fraction of sp³-hybridized carbons (Fsp3) is 0.545. The molecule has 1 aromatic carbocycles. The highest BCUT2D eigenvalue weighted by atomic mass is 127. The minimum atomic E-state index is -1.41. The van der Waals surface area contributed by atoms with E-state index in [9.17, 15) is 9.90 Å². The van der Waals surface area contributed by atoms with Crippen molar-refractivity contribution in [1.29, 1.82) is 0 Å². The van der Waals surface area contributed by atoms with Gasteiger partial charge in [-0.2, -0.15) is 0 Å². The number of nitrogens with zero attached hydrogens (tertiary/aromatic N) is 3. The van der Waals surface area contributed by atoms with Crippen LogP contribution in [0.1, 0.15) is 43.5 Å². The van der Waals surface area contributed by atoms with E-state index in [0.717, 1.165) is 44.2 Å². The molecule has 1 saturated carbocycles. The SMILES string of the molecule is Cc1n(CCCN(C)C(=O)C(O)(c2ccccc2)C2CCCC2)cc[n+]1C.[I-]. The molecule has 5 nitrogen and oxygen atoms in total. The first-order valence-corrected chi connectivity index (χ1v) is 9.99. The molecule has 1 aliphatic carbocycles. The lowest BCUT2D eigenvalue weighted by molar-refractivity contribution is -0.677. The smallest absolute Gasteiger partial charge is 0.259 e. The van der Waals surface area contributed by atoms with Gasteiger partial charge < -0.3 is 34.0 Å². The molecule has 6 heteroatoms. The van der Waals surface area contributed by atoms with E-state index in [4.69, 9.17) is 0 Å². The summed E-state index contributed by atoms with van der Waals surface area (Å²) in [7, 11) is 3.84. The van der Waals surface area contributed by atoms with Crippen LogP contribution in [0.4, 0.5) is 0 Å². The van der Waals surface area contributed by atoms with Gasteiger partial charge in [-0.05, 0) is 18.4 Å². The van der Waals surface area contributed by atoms with Crippen LogP contribution in [0.15, 0.2) is 42.7 Å². The van der Waals surface area contributed by atoms with E-state index < -0.39 is 5.60 Å². The monoisotopic (exact) mass is 497 g/mol. The van der Waals surface area contributed by atoms with Crippen LogP contribution in [0.5, 0.6) is 0 Å². The Bertz CT molecular complexity index is 771. The van der Waals surface area contributed by atoms with Crippen LogP contribution >= 0.6 is 0 Å². The molecule has 0 spiro atoms. The Morgan fingerprint density at radius 2 is 1.93 bits per heavy atom. The Morgan fingerprint density at radius 3 is 2.50 bits per heavy atom. The molecule has 1 aromatic heterocycles. The Hall–Kier alpha value is -1.41. The third-order valence-corrected chi connectivity index (χ3v) is 6.12. The lowest BCUT2D eigenvalue weighted by Gasteiger charge is -2.36. The van der Waals surface area contributed by atoms with Crippen LogP contribution < -0.4 is 28.5 Å². The number of aromatic nitrogens is 2. The van der Waals surface area contributed by atoms with Crippen molar-refractivity contribution in [3.8, 4) is 0 Å². The predicted octanol–water partition coefficient (Wildman–Crippen LogP) is -0.448. The summed E-state index contributed by atoms with van der Waals surface area (Å²) in [6.07, 6.45) is 8.94. The Labute approximate surface area is 185 Å². The van der Waals surface area contributed by atoms with Gasteiger partial charge in [0, 0.05) is 32.9 Å². The van der Waals surface area contributed by atoms with Crippen molar-refractivity contribution in [3.05, 3.63) is 54.1 Å². The summed E-state index contributed by atoms with van der Waals surface area (Å²) in [5, 5.41) is 11.6. The van der Waals surface area contributed by atoms with Crippen molar-refractivity contribution >= 4 is 5.91 Å². The molecule has 154 valence electrons. The molecule has 1 aliphatic rings. The third-order valence-electron chi connectivity index (χ3n) is 6.12. The summed E-state index contributed by atoms with van der Waals surface area (Å²) in [4.78, 5) is 15.0. The zero-order valence-electron chi connectivity index (χ0n) is 17.1. The van der Waals surface area contributed by atoms with Gasteiger partial charge >= 0.3 is 0 Å². The summed E-state index contributed by atoms with van der Waals surface area (Å²) in [5.74, 6) is 1.02. The number of carbonyl (C=O) groups is 1. The maximum absolute atomic E-state index is 13.3. The standard InChI is InChI=1S/C22H32N3O2.HI/c1-18-23(2)16-17-25(18)15-9-14-24(3)21(26)22(27,20-12-7-8-13-20)19-10-5-4-6-11-19;/h4-6,10-11,16-17,20,27H,7-9,12-15H2,1-3H3;1H/q+1;/p-1. The van der Waals surface area contributed by atoms with Gasteiger partial charge in [0.1, 0.15) is 12.4 Å². The zero-order chi connectivity index (χ0) is 19.4. The number of benzene rings is 1. The Morgan fingerprint density at radius 1 is 1.29 bits per heavy atom. The van der Waals surface area contributed by atoms with Gasteiger partial charge in [0.15, 0.2) is 5.60 Å². The van der Waals surface area contributed by atoms with Crippen molar-refractivity contribution in [2.75, 3.05) is 13.6 Å². The van der Waals surface area contributed by atoms with Crippen LogP contribution in [0.2, 0.25) is 0 Å². The van der Waals surface area contributed by atoms with E-state index >= 15 is 0 Å². The van der Waals surface area contributed by atoms with Gasteiger partial charge in [-0.1, -0.05) is 43.2 Å². The molecule has 0 aliphatic heterocycles. The van der Waals surface area contributed by atoms with Crippen LogP contribution in [0, 0.1) is 12.8 Å². The number of hydrogen-bond donors (Lipinski definition) is 1. The molecule has 1 amide bonds. The van der Waals surface area contributed by atoms with E-state index in [1.54, 1.807) is 4.90 Å². The van der Waals surface area contributed by atoms with Crippen molar-refractivity contribution in [2.24, 2.45) is 13.0 Å². The second-order valence-corrected chi connectivity index (χ2v) is 7.84. The molecule has 1 heterocycles. The van der Waals surface area contributed by atoms with Crippen LogP contribution in [0.25, 0.3) is 0 Å². The number of aryl methyl sites for hydroxylation is 2. The average Bonchev–Trinajstić information content (AvgIpc) is 3.33. The van der Waals surface area contributed by atoms with Gasteiger partial charge in [-0.25, -0.2) is 9.13 Å². The highest BCUT2D eigenvalue weighted by Gasteiger charge is 2.47. The van der Waals surface area contributed by atoms with Crippen LogP contribution in [-0.2, 0) is 24.0 Å². The fourth-order valence-corrected chi connectivity index (χ4v) is 4.28. The molecule has 3 rings (SSSR count). The molecule has 1 fully saturated rings. The number of halogens is 1. The summed E-state index contributed by atoms with van der Waals surface area (Å²) >= 11 is 0. The van der Waals surface area contributed by atoms with Gasteiger partial charge in [0.25, 0.3) is 11.7 Å². The van der Waals surface area contributed by atoms with E-state index in [1.807, 2.05) is 50.6 Å². The first-order valence-electron chi connectivity index (χ1n) is 9.99. The van der Waals surface area contributed by atoms with Gasteiger partial charge in [0.2, 0.25) is 0 Å². The van der Waals surface area contributed by atoms with Gasteiger partial charge in [-0.15, -0.1) is 0 Å². The lowest BCUT2D eigenvalue weighted by Crippen LogP contribution is -3.00. The minimum Gasteiger partial charge on any atom is -1.00 e. The maximum Gasteiger partial charge on any atom is 0.259 e. The molecule has 28 heavy (non-hydrogen) atoms. The Balaban J connectivity index is 0.00000280. The lowest BCUT2D eigenvalue weighted by atomic mass is 9.79. The normalized spacial score (nSPS) is 16.4. The number of hydrogen-bond acceptors (Lipinski definition) is 2. The largest absolute Gasteiger partial charge is 1.00 e. The summed E-state index contributed by atoms with van der Waals surface area (Å²) in [6.45, 7) is 3.57. The second-order valence-electron chi connectivity index (χ2n) is 7.84.